The Hall–Kier alpha value is -4.65. The van der Waals surface area contributed by atoms with Crippen molar-refractivity contribution in [2.75, 3.05) is 13.7 Å². The van der Waals surface area contributed by atoms with Crippen molar-refractivity contribution >= 4 is 24.0 Å². The molecule has 0 atom stereocenters. The van der Waals surface area contributed by atoms with E-state index in [1.54, 1.807) is 19.2 Å². The van der Waals surface area contributed by atoms with Crippen LogP contribution in [-0.4, -0.2) is 40.2 Å². The summed E-state index contributed by atoms with van der Waals surface area (Å²) >= 11 is 0. The quantitative estimate of drug-likeness (QED) is 0.242. The summed E-state index contributed by atoms with van der Waals surface area (Å²) in [5, 5.41) is 11.3. The van der Waals surface area contributed by atoms with Gasteiger partial charge in [0, 0.05) is 37.3 Å². The number of carbonyl (C=O) groups excluding carboxylic acids is 1. The second kappa shape index (κ2) is 12.5. The van der Waals surface area contributed by atoms with E-state index in [0.717, 1.165) is 46.1 Å². The number of hydrogen-bond acceptors (Lipinski definition) is 4. The van der Waals surface area contributed by atoms with Crippen LogP contribution in [-0.2, 0) is 11.3 Å². The summed E-state index contributed by atoms with van der Waals surface area (Å²) < 4.78 is 7.71. The summed E-state index contributed by atoms with van der Waals surface area (Å²) in [5.41, 5.74) is 5.67. The highest BCUT2D eigenvalue weighted by Crippen LogP contribution is 2.24. The lowest BCUT2D eigenvalue weighted by molar-refractivity contribution is -0.137. The molecule has 0 bridgehead atoms. The molecule has 0 saturated heterocycles. The van der Waals surface area contributed by atoms with Crippen LogP contribution in [0.1, 0.15) is 41.5 Å². The van der Waals surface area contributed by atoms with Crippen LogP contribution in [0.2, 0.25) is 0 Å². The van der Waals surface area contributed by atoms with Crippen LogP contribution in [0.15, 0.2) is 79.0 Å². The Morgan fingerprint density at radius 3 is 2.16 bits per heavy atom. The van der Waals surface area contributed by atoms with Gasteiger partial charge in [-0.05, 0) is 60.4 Å². The number of ether oxygens (including phenoxy) is 1. The smallest absolute Gasteiger partial charge is 0.303 e. The maximum Gasteiger partial charge on any atom is 0.303 e. The molecule has 2 N–H and O–H groups in total. The van der Waals surface area contributed by atoms with Gasteiger partial charge >= 0.3 is 5.97 Å². The van der Waals surface area contributed by atoms with Crippen molar-refractivity contribution in [3.05, 3.63) is 95.9 Å². The number of carboxylic acids is 1. The van der Waals surface area contributed by atoms with Gasteiger partial charge in [-0.15, -0.1) is 0 Å². The zero-order valence-corrected chi connectivity index (χ0v) is 21.6. The van der Waals surface area contributed by atoms with Crippen molar-refractivity contribution in [3.63, 3.8) is 0 Å². The van der Waals surface area contributed by atoms with Crippen LogP contribution >= 0.6 is 0 Å². The predicted molar refractivity (Wildman–Crippen MR) is 150 cm³/mol. The maximum atomic E-state index is 11.8. The molecule has 194 valence electrons. The Balaban J connectivity index is 1.41. The van der Waals surface area contributed by atoms with Gasteiger partial charge in [0.2, 0.25) is 0 Å². The van der Waals surface area contributed by atoms with E-state index >= 15 is 0 Å². The molecule has 7 heteroatoms. The fourth-order valence-corrected chi connectivity index (χ4v) is 4.01. The van der Waals surface area contributed by atoms with E-state index in [2.05, 4.69) is 41.1 Å². The molecule has 1 aromatic heterocycles. The molecule has 4 aromatic rings. The lowest BCUT2D eigenvalue weighted by Crippen LogP contribution is -2.17. The van der Waals surface area contributed by atoms with Gasteiger partial charge in [0.15, 0.2) is 0 Å². The third-order valence-corrected chi connectivity index (χ3v) is 6.14. The third kappa shape index (κ3) is 6.76. The fraction of sp³-hybridized carbons (Fsp3) is 0.194. The second-order valence-corrected chi connectivity index (χ2v) is 8.75. The predicted octanol–water partition coefficient (Wildman–Crippen LogP) is 6.01. The van der Waals surface area contributed by atoms with E-state index in [1.165, 1.54) is 0 Å². The van der Waals surface area contributed by atoms with Gasteiger partial charge in [-0.2, -0.15) is 0 Å². The van der Waals surface area contributed by atoms with E-state index in [1.807, 2.05) is 54.7 Å². The molecule has 1 heterocycles. The van der Waals surface area contributed by atoms with Crippen molar-refractivity contribution in [2.24, 2.45) is 0 Å². The van der Waals surface area contributed by atoms with Crippen LogP contribution in [0.4, 0.5) is 0 Å². The Morgan fingerprint density at radius 1 is 0.921 bits per heavy atom. The van der Waals surface area contributed by atoms with E-state index in [0.29, 0.717) is 18.6 Å². The highest BCUT2D eigenvalue weighted by molar-refractivity contribution is 5.94. The number of nitrogens with zero attached hydrogens (tertiary/aromatic N) is 2. The number of aliphatic carboxylic acids is 1. The van der Waals surface area contributed by atoms with Crippen molar-refractivity contribution in [1.82, 2.24) is 14.9 Å². The number of carboxylic acid groups (broad SMARTS) is 1. The highest BCUT2D eigenvalue weighted by atomic mass is 16.5. The fourth-order valence-electron chi connectivity index (χ4n) is 4.01. The molecule has 0 spiro atoms. The summed E-state index contributed by atoms with van der Waals surface area (Å²) in [6.45, 7) is 3.26. The number of aromatic nitrogens is 2. The van der Waals surface area contributed by atoms with E-state index in [-0.39, 0.29) is 12.3 Å². The highest BCUT2D eigenvalue weighted by Gasteiger charge is 2.09. The first kappa shape index (κ1) is 26.4. The zero-order valence-electron chi connectivity index (χ0n) is 21.6. The minimum absolute atomic E-state index is 0.106. The number of nitrogens with one attached hydrogen (secondary N) is 1. The van der Waals surface area contributed by atoms with E-state index in [9.17, 15) is 9.59 Å². The van der Waals surface area contributed by atoms with Crippen LogP contribution < -0.4 is 10.1 Å². The number of aryl methyl sites for hydroxylation is 1. The molecule has 0 aliphatic heterocycles. The van der Waals surface area contributed by atoms with Gasteiger partial charge in [-0.1, -0.05) is 54.6 Å². The lowest BCUT2D eigenvalue weighted by Gasteiger charge is -2.07. The Morgan fingerprint density at radius 2 is 1.55 bits per heavy atom. The monoisotopic (exact) mass is 509 g/mol. The summed E-state index contributed by atoms with van der Waals surface area (Å²) in [6, 6.07) is 23.5. The molecule has 0 radical (unpaired) electrons. The molecule has 38 heavy (non-hydrogen) atoms. The SMILES string of the molecule is CCn1cc(-c2ccc(C(=O)NC)cc2)nc1C=Cc1ccc(-c2ccc(OCCCC(=O)O)cc2)cc1. The molecule has 0 aliphatic carbocycles. The molecule has 1 amide bonds. The number of hydrogen-bond donors (Lipinski definition) is 2. The van der Waals surface area contributed by atoms with Crippen LogP contribution in [0.25, 0.3) is 34.5 Å². The normalized spacial score (nSPS) is 11.0. The minimum Gasteiger partial charge on any atom is -0.494 e. The summed E-state index contributed by atoms with van der Waals surface area (Å²) in [5.74, 6) is 0.669. The van der Waals surface area contributed by atoms with Crippen molar-refractivity contribution in [1.29, 1.82) is 0 Å². The number of amides is 1. The van der Waals surface area contributed by atoms with Gasteiger partial charge in [0.1, 0.15) is 11.6 Å². The van der Waals surface area contributed by atoms with Crippen LogP contribution in [0.5, 0.6) is 5.75 Å². The van der Waals surface area contributed by atoms with Crippen molar-refractivity contribution in [3.8, 4) is 28.1 Å². The molecule has 3 aromatic carbocycles. The first-order valence-corrected chi connectivity index (χ1v) is 12.6. The average Bonchev–Trinajstić information content (AvgIpc) is 3.38. The molecule has 4 rings (SSSR count). The first-order chi connectivity index (χ1) is 18.5. The maximum absolute atomic E-state index is 11.8. The Labute approximate surface area is 222 Å². The topological polar surface area (TPSA) is 93.5 Å². The second-order valence-electron chi connectivity index (χ2n) is 8.75. The zero-order chi connectivity index (χ0) is 26.9. The molecule has 7 nitrogen and oxygen atoms in total. The van der Waals surface area contributed by atoms with Crippen molar-refractivity contribution in [2.45, 2.75) is 26.3 Å². The molecule has 0 saturated carbocycles. The molecule has 0 fully saturated rings. The van der Waals surface area contributed by atoms with Gasteiger partial charge in [-0.3, -0.25) is 9.59 Å². The summed E-state index contributed by atoms with van der Waals surface area (Å²) in [7, 11) is 1.62. The third-order valence-electron chi connectivity index (χ3n) is 6.14. The Bertz CT molecular complexity index is 1400. The average molecular weight is 510 g/mol. The largest absolute Gasteiger partial charge is 0.494 e. The van der Waals surface area contributed by atoms with Crippen molar-refractivity contribution < 1.29 is 19.4 Å². The van der Waals surface area contributed by atoms with Gasteiger partial charge in [0.05, 0.1) is 12.3 Å². The van der Waals surface area contributed by atoms with Gasteiger partial charge in [0.25, 0.3) is 5.91 Å². The molecular weight excluding hydrogens is 478 g/mol. The standard InChI is InChI=1S/C31H31N3O4/c1-3-34-21-28(25-11-13-26(14-12-25)31(37)32-2)33-29(34)19-8-22-6-9-23(10-7-22)24-15-17-27(18-16-24)38-20-4-5-30(35)36/h6-19,21H,3-5,20H2,1-2H3,(H,32,37)(H,35,36). The molecular formula is C31H31N3O4. The first-order valence-electron chi connectivity index (χ1n) is 12.6. The van der Waals surface area contributed by atoms with Crippen LogP contribution in [0, 0.1) is 0 Å². The summed E-state index contributed by atoms with van der Waals surface area (Å²) in [4.78, 5) is 27.2. The summed E-state index contributed by atoms with van der Waals surface area (Å²) in [6.07, 6.45) is 6.67. The Kier molecular flexibility index (Phi) is 8.72. The molecule has 0 aliphatic rings. The van der Waals surface area contributed by atoms with E-state index < -0.39 is 5.97 Å². The number of carbonyl (C=O) groups is 2. The minimum atomic E-state index is -0.812. The van der Waals surface area contributed by atoms with Gasteiger partial charge < -0.3 is 19.7 Å². The van der Waals surface area contributed by atoms with E-state index in [4.69, 9.17) is 14.8 Å². The number of rotatable bonds is 11. The molecule has 0 unspecified atom stereocenters. The number of imidazole rings is 1. The lowest BCUT2D eigenvalue weighted by atomic mass is 10.0. The van der Waals surface area contributed by atoms with Crippen LogP contribution in [0.3, 0.4) is 0 Å². The number of benzene rings is 3. The van der Waals surface area contributed by atoms with Gasteiger partial charge in [-0.25, -0.2) is 4.98 Å².